The summed E-state index contributed by atoms with van der Waals surface area (Å²) >= 11 is 3.01. The molecule has 0 aliphatic heterocycles. The highest BCUT2D eigenvalue weighted by atomic mass is 127. The van der Waals surface area contributed by atoms with E-state index < -0.39 is 11.9 Å². The van der Waals surface area contributed by atoms with Gasteiger partial charge in [0.25, 0.3) is 0 Å². The Bertz CT molecular complexity index is 1350. The molecule has 208 valence electrons. The summed E-state index contributed by atoms with van der Waals surface area (Å²) in [5, 5.41) is 19.0. The maximum Gasteiger partial charge on any atom is 0.344 e. The number of carboxylic acid groups (broad SMARTS) is 1. The summed E-state index contributed by atoms with van der Waals surface area (Å²) in [7, 11) is 4.58. The first-order chi connectivity index (χ1) is 18.7. The van der Waals surface area contributed by atoms with E-state index in [0.717, 1.165) is 11.8 Å². The van der Waals surface area contributed by atoms with E-state index in [9.17, 15) is 14.7 Å². The maximum absolute atomic E-state index is 12.2. The molecule has 0 bridgehead atoms. The molecule has 0 saturated carbocycles. The molecule has 0 radical (unpaired) electrons. The molecule has 13 heteroatoms. The molecule has 0 spiro atoms. The molecule has 0 atom stereocenters. The number of hydrogen-bond donors (Lipinski definition) is 1. The average molecular weight is 669 g/mol. The Balaban J connectivity index is 1.95. The Morgan fingerprint density at radius 1 is 1.03 bits per heavy atom. The number of ether oxygens (including phenoxy) is 5. The van der Waals surface area contributed by atoms with Crippen molar-refractivity contribution in [1.29, 1.82) is 0 Å². The lowest BCUT2D eigenvalue weighted by atomic mass is 10.2. The van der Waals surface area contributed by atoms with Crippen molar-refractivity contribution in [3.63, 3.8) is 0 Å². The molecule has 1 heterocycles. The van der Waals surface area contributed by atoms with Crippen LogP contribution in [0.25, 0.3) is 17.5 Å². The van der Waals surface area contributed by atoms with Gasteiger partial charge in [-0.1, -0.05) is 0 Å². The molecule has 11 nitrogen and oxygen atoms in total. The van der Waals surface area contributed by atoms with E-state index in [1.807, 2.05) is 34.1 Å². The van der Waals surface area contributed by atoms with E-state index in [1.165, 1.54) is 13.2 Å². The van der Waals surface area contributed by atoms with Crippen molar-refractivity contribution in [2.45, 2.75) is 25.5 Å². The Morgan fingerprint density at radius 2 is 1.72 bits per heavy atom. The van der Waals surface area contributed by atoms with Crippen molar-refractivity contribution in [2.75, 3.05) is 34.5 Å². The van der Waals surface area contributed by atoms with E-state index in [0.29, 0.717) is 55.2 Å². The fourth-order valence-corrected chi connectivity index (χ4v) is 5.15. The quantitative estimate of drug-likeness (QED) is 0.117. The highest BCUT2D eigenvalue weighted by Gasteiger charge is 2.20. The Labute approximate surface area is 243 Å². The number of aromatic nitrogens is 3. The number of rotatable bonds is 13. The fourth-order valence-electron chi connectivity index (χ4n) is 3.48. The monoisotopic (exact) mass is 669 g/mol. The predicted molar refractivity (Wildman–Crippen MR) is 154 cm³/mol. The van der Waals surface area contributed by atoms with Gasteiger partial charge in [-0.05, 0) is 84.1 Å². The van der Waals surface area contributed by atoms with Gasteiger partial charge in [-0.15, -0.1) is 10.2 Å². The molecule has 3 aromatic rings. The first-order valence-electron chi connectivity index (χ1n) is 11.7. The van der Waals surface area contributed by atoms with Gasteiger partial charge < -0.3 is 33.4 Å². The van der Waals surface area contributed by atoms with Crippen LogP contribution in [0.15, 0.2) is 40.4 Å². The average Bonchev–Trinajstić information content (AvgIpc) is 3.34. The molecule has 0 unspecified atom stereocenters. The number of esters is 1. The van der Waals surface area contributed by atoms with Crippen molar-refractivity contribution in [3.05, 3.63) is 44.4 Å². The lowest BCUT2D eigenvalue weighted by Gasteiger charge is -2.13. The highest BCUT2D eigenvalue weighted by molar-refractivity contribution is 14.1. The Kier molecular flexibility index (Phi) is 10.9. The molecule has 1 N–H and O–H groups in total. The standard InChI is InChI=1S/C26H28IN3O8S/c1-6-30-24(16-11-17(34-3)13-18(12-16)35-4)28-29-26(30)39-21(25(32)33)10-15-8-19(27)23(20(9-15)36-5)38-14-22(31)37-7-2/h8-13H,6-7,14H2,1-5H3,(H,32,33)/b21-10-. The van der Waals surface area contributed by atoms with Crippen LogP contribution in [0.3, 0.4) is 0 Å². The van der Waals surface area contributed by atoms with Crippen molar-refractivity contribution < 1.29 is 38.4 Å². The number of halogens is 1. The first-order valence-corrected chi connectivity index (χ1v) is 13.6. The second-order valence-corrected chi connectivity index (χ2v) is 9.87. The molecule has 0 saturated heterocycles. The summed E-state index contributed by atoms with van der Waals surface area (Å²) in [4.78, 5) is 23.9. The number of carboxylic acids is 1. The zero-order valence-electron chi connectivity index (χ0n) is 22.0. The number of methoxy groups -OCH3 is 3. The SMILES string of the molecule is CCOC(=O)COc1c(I)cc(/C=C(\Sc2nnc(-c3cc(OC)cc(OC)c3)n2CC)C(=O)O)cc1OC. The summed E-state index contributed by atoms with van der Waals surface area (Å²) < 4.78 is 29.1. The van der Waals surface area contributed by atoms with Crippen LogP contribution in [-0.4, -0.2) is 66.4 Å². The molecule has 1 aromatic heterocycles. The summed E-state index contributed by atoms with van der Waals surface area (Å²) in [5.74, 6) is 0.793. The summed E-state index contributed by atoms with van der Waals surface area (Å²) in [6.45, 7) is 4.09. The Hall–Kier alpha value is -3.46. The van der Waals surface area contributed by atoms with E-state index >= 15 is 0 Å². The number of carbonyl (C=O) groups excluding carboxylic acids is 1. The van der Waals surface area contributed by atoms with Gasteiger partial charge in [0.1, 0.15) is 16.4 Å². The minimum absolute atomic E-state index is 0.0184. The lowest BCUT2D eigenvalue weighted by molar-refractivity contribution is -0.145. The van der Waals surface area contributed by atoms with Gasteiger partial charge in [0.15, 0.2) is 29.1 Å². The molecular weight excluding hydrogens is 641 g/mol. The third-order valence-electron chi connectivity index (χ3n) is 5.24. The van der Waals surface area contributed by atoms with Crippen molar-refractivity contribution >= 4 is 52.4 Å². The van der Waals surface area contributed by atoms with Crippen LogP contribution in [0, 0.1) is 3.57 Å². The zero-order chi connectivity index (χ0) is 28.5. The van der Waals surface area contributed by atoms with Crippen molar-refractivity contribution in [2.24, 2.45) is 0 Å². The normalized spacial score (nSPS) is 11.2. The van der Waals surface area contributed by atoms with Crippen LogP contribution in [-0.2, 0) is 20.9 Å². The van der Waals surface area contributed by atoms with Crippen molar-refractivity contribution in [3.8, 4) is 34.4 Å². The van der Waals surface area contributed by atoms with Gasteiger partial charge in [-0.25, -0.2) is 9.59 Å². The number of benzene rings is 2. The lowest BCUT2D eigenvalue weighted by Crippen LogP contribution is -2.15. The molecule has 0 fully saturated rings. The van der Waals surface area contributed by atoms with E-state index in [1.54, 1.807) is 51.5 Å². The largest absolute Gasteiger partial charge is 0.497 e. The number of nitrogens with zero attached hydrogens (tertiary/aromatic N) is 3. The molecule has 2 aromatic carbocycles. The minimum Gasteiger partial charge on any atom is -0.497 e. The smallest absolute Gasteiger partial charge is 0.344 e. The predicted octanol–water partition coefficient (Wildman–Crippen LogP) is 4.76. The van der Waals surface area contributed by atoms with Crippen LogP contribution in [0.4, 0.5) is 0 Å². The van der Waals surface area contributed by atoms with Gasteiger partial charge in [0.2, 0.25) is 0 Å². The van der Waals surface area contributed by atoms with Gasteiger partial charge >= 0.3 is 11.9 Å². The van der Waals surface area contributed by atoms with E-state index in [4.69, 9.17) is 23.7 Å². The summed E-state index contributed by atoms with van der Waals surface area (Å²) in [5.41, 5.74) is 1.27. The third-order valence-corrected chi connectivity index (χ3v) is 7.04. The number of aliphatic carboxylic acids is 1. The van der Waals surface area contributed by atoms with Gasteiger partial charge in [-0.2, -0.15) is 0 Å². The summed E-state index contributed by atoms with van der Waals surface area (Å²) in [6.07, 6.45) is 1.51. The van der Waals surface area contributed by atoms with Crippen LogP contribution >= 0.6 is 34.4 Å². The minimum atomic E-state index is -1.13. The molecule has 3 rings (SSSR count). The Morgan fingerprint density at radius 3 is 2.28 bits per heavy atom. The second-order valence-electron chi connectivity index (χ2n) is 7.70. The molecule has 0 aliphatic rings. The maximum atomic E-state index is 12.2. The second kappa shape index (κ2) is 14.1. The van der Waals surface area contributed by atoms with Gasteiger partial charge in [0, 0.05) is 18.2 Å². The summed E-state index contributed by atoms with van der Waals surface area (Å²) in [6, 6.07) is 8.72. The zero-order valence-corrected chi connectivity index (χ0v) is 25.0. The molecular formula is C26H28IN3O8S. The van der Waals surface area contributed by atoms with Crippen molar-refractivity contribution in [1.82, 2.24) is 14.8 Å². The first kappa shape index (κ1) is 30.1. The van der Waals surface area contributed by atoms with Crippen LogP contribution < -0.4 is 18.9 Å². The number of hydrogen-bond acceptors (Lipinski definition) is 10. The molecule has 39 heavy (non-hydrogen) atoms. The van der Waals surface area contributed by atoms with E-state index in [-0.39, 0.29) is 18.1 Å². The van der Waals surface area contributed by atoms with Gasteiger partial charge in [0.05, 0.1) is 31.5 Å². The molecule has 0 aliphatic carbocycles. The van der Waals surface area contributed by atoms with Crippen LogP contribution in [0.2, 0.25) is 0 Å². The molecule has 0 amide bonds. The highest BCUT2D eigenvalue weighted by Crippen LogP contribution is 2.37. The van der Waals surface area contributed by atoms with E-state index in [2.05, 4.69) is 10.2 Å². The van der Waals surface area contributed by atoms with Crippen LogP contribution in [0.5, 0.6) is 23.0 Å². The van der Waals surface area contributed by atoms with Crippen LogP contribution in [0.1, 0.15) is 19.4 Å². The fraction of sp³-hybridized carbons (Fsp3) is 0.308. The number of thioether (sulfide) groups is 1. The topological polar surface area (TPSA) is 131 Å². The third kappa shape index (κ3) is 7.56. The van der Waals surface area contributed by atoms with Gasteiger partial charge in [-0.3, -0.25) is 0 Å². The number of carbonyl (C=O) groups is 2.